The van der Waals surface area contributed by atoms with Gasteiger partial charge in [0.25, 0.3) is 18.4 Å². The minimum absolute atomic E-state index is 0.00826. The number of rotatable bonds is 14. The van der Waals surface area contributed by atoms with E-state index in [4.69, 9.17) is 26.9 Å². The highest BCUT2D eigenvalue weighted by atomic mass is 32.2. The summed E-state index contributed by atoms with van der Waals surface area (Å²) in [6.45, 7) is 23.0. The third-order valence-corrected chi connectivity index (χ3v) is 21.2. The zero-order chi connectivity index (χ0) is 38.7. The first kappa shape index (κ1) is 41.7. The van der Waals surface area contributed by atoms with Crippen molar-refractivity contribution in [2.24, 2.45) is 0 Å². The Labute approximate surface area is 320 Å². The maximum Gasteiger partial charge on any atom is 0.264 e. The second-order valence-electron chi connectivity index (χ2n) is 17.4. The molecule has 3 aromatic rings. The monoisotopic (exact) mass is 783 g/mol. The Bertz CT molecular complexity index is 1710. The molecule has 2 aliphatic heterocycles. The maximum atomic E-state index is 11.6. The van der Waals surface area contributed by atoms with E-state index in [2.05, 4.69) is 127 Å². The van der Waals surface area contributed by atoms with Crippen LogP contribution in [0.25, 0.3) is 0 Å². The largest absolute Gasteiger partial charge is 0.446 e. The van der Waals surface area contributed by atoms with Gasteiger partial charge >= 0.3 is 0 Å². The van der Waals surface area contributed by atoms with E-state index in [1.54, 1.807) is 0 Å². The van der Waals surface area contributed by atoms with Crippen molar-refractivity contribution in [2.75, 3.05) is 12.9 Å². The van der Waals surface area contributed by atoms with Crippen LogP contribution in [0.2, 0.25) is 23.2 Å². The van der Waals surface area contributed by atoms with Crippen LogP contribution in [0.1, 0.15) is 97.8 Å². The number of benzene rings is 2. The average Bonchev–Trinajstić information content (AvgIpc) is 3.54. The number of nitrogens with zero attached hydrogens (tertiary/aromatic N) is 1. The van der Waals surface area contributed by atoms with Gasteiger partial charge in [-0.2, -0.15) is 8.42 Å². The summed E-state index contributed by atoms with van der Waals surface area (Å²) in [6, 6.07) is 21.5. The van der Waals surface area contributed by atoms with Crippen molar-refractivity contribution in [3.05, 3.63) is 90.7 Å². The second-order valence-corrected chi connectivity index (χ2v) is 28.1. The molecule has 0 unspecified atom stereocenters. The van der Waals surface area contributed by atoms with Crippen molar-refractivity contribution in [3.63, 3.8) is 0 Å². The van der Waals surface area contributed by atoms with Crippen molar-refractivity contribution < 1.29 is 35.3 Å². The van der Waals surface area contributed by atoms with Crippen LogP contribution in [0.3, 0.4) is 0 Å². The predicted molar refractivity (Wildman–Crippen MR) is 215 cm³/mol. The van der Waals surface area contributed by atoms with E-state index >= 15 is 0 Å². The molecular weight excluding hydrogens is 723 g/mol. The first-order valence-electron chi connectivity index (χ1n) is 18.9. The van der Waals surface area contributed by atoms with Gasteiger partial charge in [-0.3, -0.25) is 4.18 Å². The zero-order valence-electron chi connectivity index (χ0n) is 33.2. The lowest BCUT2D eigenvalue weighted by atomic mass is 9.91. The topological polar surface area (TPSA) is 106 Å². The normalized spacial score (nSPS) is 23.6. The molecule has 3 heterocycles. The predicted octanol–water partition coefficient (Wildman–Crippen LogP) is 8.22. The van der Waals surface area contributed by atoms with Gasteiger partial charge in [0.05, 0.1) is 30.7 Å². The number of ether oxygens (including phenoxy) is 2. The fourth-order valence-corrected chi connectivity index (χ4v) is 13.8. The van der Waals surface area contributed by atoms with E-state index in [9.17, 15) is 8.42 Å². The lowest BCUT2D eigenvalue weighted by Crippen LogP contribution is -2.66. The molecule has 1 aromatic heterocycles. The summed E-state index contributed by atoms with van der Waals surface area (Å²) >= 11 is 0. The van der Waals surface area contributed by atoms with Gasteiger partial charge in [-0.15, -0.1) is 0 Å². The molecule has 12 heteroatoms. The van der Waals surface area contributed by atoms with Crippen molar-refractivity contribution in [1.29, 1.82) is 0 Å². The molecule has 2 aliphatic rings. The van der Waals surface area contributed by atoms with E-state index < -0.39 is 26.8 Å². The van der Waals surface area contributed by atoms with Gasteiger partial charge < -0.3 is 22.7 Å². The molecule has 0 amide bonds. The van der Waals surface area contributed by atoms with E-state index in [0.29, 0.717) is 25.1 Å². The molecule has 9 nitrogen and oxygen atoms in total. The smallest absolute Gasteiger partial charge is 0.264 e. The van der Waals surface area contributed by atoms with Gasteiger partial charge in [0, 0.05) is 19.4 Å². The fraction of sp³-hybridized carbons (Fsp3) is 0.585. The summed E-state index contributed by atoms with van der Waals surface area (Å²) in [4.78, 5) is 4.56. The number of oxazole rings is 1. The van der Waals surface area contributed by atoms with Gasteiger partial charge in [-0.05, 0) is 59.2 Å². The summed E-state index contributed by atoms with van der Waals surface area (Å²) in [5, 5.41) is 2.49. The third-order valence-electron chi connectivity index (χ3n) is 11.0. The molecule has 292 valence electrons. The molecule has 0 radical (unpaired) electrons. The molecule has 2 fully saturated rings. The standard InChI is InChI=1S/C41H61NO8SSi2/c1-30-23-31(21-22-47-53(41(5,6)7,35-17-13-11-14-18-35)36-19-15-12-16-20-36)48-32(24-30)25-33-26-34(50-52(9,10)40(2,3)4)27-38(49-33)37-28-45-39(42-37)29-46-51(8,43)44/h11-20,28,31-34,38H,1,21-27,29H2,2-10H3/t31-,32+,33+,34+,38+/m0/s1. The van der Waals surface area contributed by atoms with Crippen molar-refractivity contribution in [1.82, 2.24) is 4.98 Å². The molecular formula is C41H61NO8SSi2. The van der Waals surface area contributed by atoms with E-state index in [-0.39, 0.29) is 53.1 Å². The lowest BCUT2D eigenvalue weighted by Gasteiger charge is -2.44. The molecule has 2 aromatic carbocycles. The second kappa shape index (κ2) is 16.7. The summed E-state index contributed by atoms with van der Waals surface area (Å²) < 4.78 is 61.3. The van der Waals surface area contributed by atoms with Gasteiger partial charge in [-0.25, -0.2) is 4.98 Å². The third kappa shape index (κ3) is 10.7. The van der Waals surface area contributed by atoms with E-state index in [0.717, 1.165) is 31.9 Å². The molecule has 0 bridgehead atoms. The lowest BCUT2D eigenvalue weighted by molar-refractivity contribution is -0.126. The summed E-state index contributed by atoms with van der Waals surface area (Å²) in [5.41, 5.74) is 1.79. The Kier molecular flexibility index (Phi) is 13.2. The van der Waals surface area contributed by atoms with Crippen molar-refractivity contribution >= 4 is 37.1 Å². The number of hydrogen-bond donors (Lipinski definition) is 0. The average molecular weight is 784 g/mol. The number of hydrogen-bond acceptors (Lipinski definition) is 9. The zero-order valence-corrected chi connectivity index (χ0v) is 36.0. The summed E-state index contributed by atoms with van der Waals surface area (Å²) in [5.74, 6) is 0.188. The highest BCUT2D eigenvalue weighted by molar-refractivity contribution is 7.85. The van der Waals surface area contributed by atoms with Crippen LogP contribution in [0, 0.1) is 0 Å². The number of aromatic nitrogens is 1. The molecule has 0 saturated carbocycles. The first-order valence-corrected chi connectivity index (χ1v) is 25.6. The van der Waals surface area contributed by atoms with Crippen LogP contribution in [-0.4, -0.2) is 67.3 Å². The molecule has 5 atom stereocenters. The Morgan fingerprint density at radius 2 is 1.45 bits per heavy atom. The molecule has 5 rings (SSSR count). The Hall–Kier alpha value is -2.43. The van der Waals surface area contributed by atoms with Crippen LogP contribution < -0.4 is 10.4 Å². The molecule has 0 aliphatic carbocycles. The first-order chi connectivity index (χ1) is 24.8. The summed E-state index contributed by atoms with van der Waals surface area (Å²) in [7, 11) is -8.38. The van der Waals surface area contributed by atoms with Gasteiger partial charge in [-0.1, -0.05) is 114 Å². The molecule has 0 spiro atoms. The quantitative estimate of drug-likeness (QED) is 0.0909. The Balaban J connectivity index is 1.29. The molecule has 0 N–H and O–H groups in total. The molecule has 53 heavy (non-hydrogen) atoms. The Morgan fingerprint density at radius 1 is 0.849 bits per heavy atom. The van der Waals surface area contributed by atoms with Crippen LogP contribution in [0.15, 0.2) is 83.5 Å². The minimum atomic E-state index is -3.63. The van der Waals surface area contributed by atoms with Gasteiger partial charge in [0.15, 0.2) is 8.32 Å². The summed E-state index contributed by atoms with van der Waals surface area (Å²) in [6.07, 6.45) is 6.36. The van der Waals surface area contributed by atoms with E-state index in [1.807, 2.05) is 0 Å². The van der Waals surface area contributed by atoms with Crippen LogP contribution in [0.5, 0.6) is 0 Å². The highest BCUT2D eigenvalue weighted by Crippen LogP contribution is 2.43. The van der Waals surface area contributed by atoms with Crippen LogP contribution in [0.4, 0.5) is 0 Å². The highest BCUT2D eigenvalue weighted by Gasteiger charge is 2.50. The van der Waals surface area contributed by atoms with Crippen molar-refractivity contribution in [2.45, 2.75) is 140 Å². The van der Waals surface area contributed by atoms with Crippen LogP contribution >= 0.6 is 0 Å². The van der Waals surface area contributed by atoms with Gasteiger partial charge in [0.2, 0.25) is 5.89 Å². The SMILES string of the molecule is C=C1C[C@H](C[C@@H]2C[C@@H](O[Si](C)(C)C(C)(C)C)C[C@H](c3coc(COS(C)(=O)=O)n3)O2)O[C@@H](CCO[Si](c2ccccc2)(c2ccccc2)C(C)(C)C)C1. The minimum Gasteiger partial charge on any atom is -0.446 e. The van der Waals surface area contributed by atoms with Crippen LogP contribution in [-0.2, 0) is 39.2 Å². The molecule has 2 saturated heterocycles. The van der Waals surface area contributed by atoms with Gasteiger partial charge in [0.1, 0.15) is 24.7 Å². The maximum absolute atomic E-state index is 11.6. The van der Waals surface area contributed by atoms with Crippen molar-refractivity contribution in [3.8, 4) is 0 Å². The fourth-order valence-electron chi connectivity index (χ4n) is 7.50. The van der Waals surface area contributed by atoms with E-state index in [1.165, 1.54) is 22.2 Å². The Morgan fingerprint density at radius 3 is 2.02 bits per heavy atom.